The summed E-state index contributed by atoms with van der Waals surface area (Å²) in [7, 11) is 0. The topological polar surface area (TPSA) is 58.3 Å². The molecule has 0 spiro atoms. The molecule has 108 valence electrons. The first-order valence-corrected chi connectivity index (χ1v) is 7.20. The van der Waals surface area contributed by atoms with E-state index in [0.29, 0.717) is 17.1 Å². The maximum Gasteiger partial charge on any atom is 0.295 e. The van der Waals surface area contributed by atoms with Crippen LogP contribution in [-0.2, 0) is 0 Å². The van der Waals surface area contributed by atoms with Crippen LogP contribution in [0.1, 0.15) is 32.1 Å². The lowest BCUT2D eigenvalue weighted by Gasteiger charge is -2.23. The van der Waals surface area contributed by atoms with Crippen LogP contribution >= 0.6 is 0 Å². The Balaban J connectivity index is 1.80. The predicted molar refractivity (Wildman–Crippen MR) is 75.0 cm³/mol. The van der Waals surface area contributed by atoms with Gasteiger partial charge in [-0.05, 0) is 25.0 Å². The van der Waals surface area contributed by atoms with E-state index in [1.54, 1.807) is 6.07 Å². The van der Waals surface area contributed by atoms with Crippen LogP contribution in [0.3, 0.4) is 0 Å². The van der Waals surface area contributed by atoms with Crippen LogP contribution in [-0.4, -0.2) is 22.7 Å². The molecule has 0 aliphatic heterocycles. The molecule has 4 nitrogen and oxygen atoms in total. The minimum absolute atomic E-state index is 0.167. The van der Waals surface area contributed by atoms with E-state index in [1.807, 2.05) is 0 Å². The molecule has 0 radical (unpaired) electrons. The normalized spacial score (nSPS) is 23.7. The molecular weight excluding hydrogens is 259 g/mol. The third-order valence-corrected chi connectivity index (χ3v) is 4.05. The van der Waals surface area contributed by atoms with Gasteiger partial charge in [-0.15, -0.1) is 0 Å². The number of nitrogens with one attached hydrogen (secondary N) is 1. The molecule has 0 unspecified atom stereocenters. The van der Waals surface area contributed by atoms with Gasteiger partial charge in [-0.1, -0.05) is 19.3 Å². The number of nitrogens with zero attached hydrogens (tertiary/aromatic N) is 1. The van der Waals surface area contributed by atoms with Crippen molar-refractivity contribution in [2.45, 2.75) is 38.1 Å². The monoisotopic (exact) mass is 278 g/mol. The van der Waals surface area contributed by atoms with Gasteiger partial charge in [0.15, 0.2) is 5.58 Å². The molecule has 5 heteroatoms. The summed E-state index contributed by atoms with van der Waals surface area (Å²) in [6.45, 7) is 0.173. The number of aliphatic hydroxyl groups is 1. The lowest BCUT2D eigenvalue weighted by Crippen LogP contribution is -2.30. The molecule has 1 aromatic carbocycles. The highest BCUT2D eigenvalue weighted by atomic mass is 19.1. The smallest absolute Gasteiger partial charge is 0.295 e. The van der Waals surface area contributed by atoms with Crippen molar-refractivity contribution in [2.24, 2.45) is 5.92 Å². The Kier molecular flexibility index (Phi) is 3.87. The second kappa shape index (κ2) is 5.79. The van der Waals surface area contributed by atoms with Crippen molar-refractivity contribution in [3.05, 3.63) is 24.0 Å². The molecule has 20 heavy (non-hydrogen) atoms. The van der Waals surface area contributed by atoms with E-state index in [0.717, 1.165) is 25.7 Å². The maximum atomic E-state index is 13.1. The number of aromatic nitrogens is 1. The van der Waals surface area contributed by atoms with Gasteiger partial charge >= 0.3 is 0 Å². The summed E-state index contributed by atoms with van der Waals surface area (Å²) in [5, 5.41) is 12.8. The van der Waals surface area contributed by atoms with Gasteiger partial charge in [0.1, 0.15) is 11.3 Å². The van der Waals surface area contributed by atoms with Crippen molar-refractivity contribution >= 4 is 17.1 Å². The number of oxazole rings is 1. The summed E-state index contributed by atoms with van der Waals surface area (Å²) in [5.74, 6) is -0.0932. The first-order chi connectivity index (χ1) is 9.76. The van der Waals surface area contributed by atoms with E-state index >= 15 is 0 Å². The number of fused-ring (bicyclic) bond motifs is 1. The molecule has 1 heterocycles. The zero-order valence-corrected chi connectivity index (χ0v) is 11.3. The number of anilines is 1. The van der Waals surface area contributed by atoms with Crippen molar-refractivity contribution < 1.29 is 13.9 Å². The van der Waals surface area contributed by atoms with Gasteiger partial charge in [-0.25, -0.2) is 4.39 Å². The van der Waals surface area contributed by atoms with Crippen molar-refractivity contribution in [1.29, 1.82) is 0 Å². The van der Waals surface area contributed by atoms with E-state index in [-0.39, 0.29) is 24.4 Å². The number of hydrogen-bond acceptors (Lipinski definition) is 4. The summed E-state index contributed by atoms with van der Waals surface area (Å²) < 4.78 is 18.7. The molecule has 2 atom stereocenters. The standard InChI is InChI=1S/C15H19FN2O2/c16-11-6-7-14-13(8-11)18-15(20-14)17-12-5-3-1-2-4-10(12)9-19/h6-8,10,12,19H,1-5,9H2,(H,17,18)/t10-,12-/m0/s1. The van der Waals surface area contributed by atoms with E-state index in [2.05, 4.69) is 10.3 Å². The van der Waals surface area contributed by atoms with E-state index in [1.165, 1.54) is 18.6 Å². The third-order valence-electron chi connectivity index (χ3n) is 4.05. The van der Waals surface area contributed by atoms with Gasteiger partial charge in [0.2, 0.25) is 0 Å². The van der Waals surface area contributed by atoms with Crippen molar-refractivity contribution in [3.8, 4) is 0 Å². The van der Waals surface area contributed by atoms with Crippen LogP contribution in [0, 0.1) is 11.7 Å². The molecular formula is C15H19FN2O2. The zero-order valence-electron chi connectivity index (χ0n) is 11.3. The van der Waals surface area contributed by atoms with Crippen LogP contribution in [0.4, 0.5) is 10.4 Å². The maximum absolute atomic E-state index is 13.1. The summed E-state index contributed by atoms with van der Waals surface area (Å²) in [6, 6.07) is 4.89. The van der Waals surface area contributed by atoms with Crippen LogP contribution in [0.5, 0.6) is 0 Å². The van der Waals surface area contributed by atoms with Gasteiger partial charge in [-0.2, -0.15) is 4.98 Å². The molecule has 3 rings (SSSR count). The fourth-order valence-electron chi connectivity index (χ4n) is 2.91. The van der Waals surface area contributed by atoms with Gasteiger partial charge in [0.05, 0.1) is 0 Å². The minimum atomic E-state index is -0.319. The zero-order chi connectivity index (χ0) is 13.9. The van der Waals surface area contributed by atoms with Crippen LogP contribution < -0.4 is 5.32 Å². The summed E-state index contributed by atoms with van der Waals surface area (Å²) in [6.07, 6.45) is 5.51. The molecule has 1 aliphatic rings. The van der Waals surface area contributed by atoms with Crippen molar-refractivity contribution in [3.63, 3.8) is 0 Å². The number of hydrogen-bond donors (Lipinski definition) is 2. The molecule has 2 aromatic rings. The van der Waals surface area contributed by atoms with Crippen LogP contribution in [0.15, 0.2) is 22.6 Å². The minimum Gasteiger partial charge on any atom is -0.424 e. The van der Waals surface area contributed by atoms with Crippen molar-refractivity contribution in [2.75, 3.05) is 11.9 Å². The number of halogens is 1. The Morgan fingerprint density at radius 2 is 2.15 bits per heavy atom. The average Bonchev–Trinajstić information content (AvgIpc) is 2.68. The highest BCUT2D eigenvalue weighted by Gasteiger charge is 2.24. The van der Waals surface area contributed by atoms with Crippen molar-refractivity contribution in [1.82, 2.24) is 4.98 Å². The van der Waals surface area contributed by atoms with Gasteiger partial charge < -0.3 is 14.8 Å². The fourth-order valence-corrected chi connectivity index (χ4v) is 2.91. The quantitative estimate of drug-likeness (QED) is 0.846. The second-order valence-electron chi connectivity index (χ2n) is 5.46. The van der Waals surface area contributed by atoms with Gasteiger partial charge in [0, 0.05) is 24.6 Å². The van der Waals surface area contributed by atoms with E-state index in [9.17, 15) is 9.50 Å². The summed E-state index contributed by atoms with van der Waals surface area (Å²) >= 11 is 0. The Labute approximate surface area is 117 Å². The molecule has 1 aliphatic carbocycles. The summed E-state index contributed by atoms with van der Waals surface area (Å²) in [5.41, 5.74) is 1.09. The highest BCUT2D eigenvalue weighted by molar-refractivity contribution is 5.74. The number of rotatable bonds is 3. The molecule has 0 amide bonds. The first-order valence-electron chi connectivity index (χ1n) is 7.20. The number of aliphatic hydroxyl groups excluding tert-OH is 1. The average molecular weight is 278 g/mol. The van der Waals surface area contributed by atoms with Crippen LogP contribution in [0.2, 0.25) is 0 Å². The van der Waals surface area contributed by atoms with Crippen LogP contribution in [0.25, 0.3) is 11.1 Å². The third kappa shape index (κ3) is 2.77. The lowest BCUT2D eigenvalue weighted by molar-refractivity contribution is 0.202. The first kappa shape index (κ1) is 13.4. The Bertz CT molecular complexity index is 584. The second-order valence-corrected chi connectivity index (χ2v) is 5.46. The lowest BCUT2D eigenvalue weighted by atomic mass is 9.96. The van der Waals surface area contributed by atoms with E-state index < -0.39 is 0 Å². The molecule has 1 fully saturated rings. The molecule has 1 saturated carbocycles. The predicted octanol–water partition coefficient (Wildman–Crippen LogP) is 3.32. The van der Waals surface area contributed by atoms with E-state index in [4.69, 9.17) is 4.42 Å². The summed E-state index contributed by atoms with van der Waals surface area (Å²) in [4.78, 5) is 4.27. The molecule has 2 N–H and O–H groups in total. The Morgan fingerprint density at radius 1 is 1.30 bits per heavy atom. The molecule has 1 aromatic heterocycles. The number of benzene rings is 1. The molecule has 0 bridgehead atoms. The fraction of sp³-hybridized carbons (Fsp3) is 0.533. The van der Waals surface area contributed by atoms with Gasteiger partial charge in [0.25, 0.3) is 6.01 Å². The van der Waals surface area contributed by atoms with Gasteiger partial charge in [-0.3, -0.25) is 0 Å². The SMILES string of the molecule is OC[C@@H]1CCCCC[C@@H]1Nc1nc2cc(F)ccc2o1. The molecule has 0 saturated heterocycles. The largest absolute Gasteiger partial charge is 0.424 e. The highest BCUT2D eigenvalue weighted by Crippen LogP contribution is 2.27. The Hall–Kier alpha value is -1.62. The Morgan fingerprint density at radius 3 is 3.00 bits per heavy atom.